The van der Waals surface area contributed by atoms with Crippen molar-refractivity contribution in [1.29, 1.82) is 0 Å². The summed E-state index contributed by atoms with van der Waals surface area (Å²) < 4.78 is 5.43. The fourth-order valence-corrected chi connectivity index (χ4v) is 4.15. The van der Waals surface area contributed by atoms with E-state index in [0.29, 0.717) is 12.4 Å². The molecule has 0 saturated carbocycles. The van der Waals surface area contributed by atoms with E-state index in [4.69, 9.17) is 9.72 Å². The maximum atomic E-state index is 12.7. The largest absolute Gasteiger partial charge is 0.378 e. The Hall–Kier alpha value is -3.03. The Morgan fingerprint density at radius 3 is 2.53 bits per heavy atom. The predicted octanol–water partition coefficient (Wildman–Crippen LogP) is 2.23. The van der Waals surface area contributed by atoms with Crippen molar-refractivity contribution >= 4 is 5.69 Å². The molecule has 5 rings (SSSR count). The van der Waals surface area contributed by atoms with Crippen molar-refractivity contribution in [3.05, 3.63) is 76.0 Å². The van der Waals surface area contributed by atoms with Crippen LogP contribution in [0, 0.1) is 0 Å². The van der Waals surface area contributed by atoms with Crippen molar-refractivity contribution in [3.8, 4) is 11.4 Å². The minimum atomic E-state index is -0.0424. The zero-order chi connectivity index (χ0) is 20.3. The zero-order valence-corrected chi connectivity index (χ0v) is 16.9. The molecule has 154 valence electrons. The first kappa shape index (κ1) is 19.0. The SMILES string of the molecule is O=c1[nH]c(-c2ccncc2)nc2c1CN(Cc1ccc(N3CCOCC3)cc1)CC2. The van der Waals surface area contributed by atoms with Gasteiger partial charge in [-0.05, 0) is 29.8 Å². The monoisotopic (exact) mass is 403 g/mol. The summed E-state index contributed by atoms with van der Waals surface area (Å²) in [6, 6.07) is 12.5. The number of hydrogen-bond acceptors (Lipinski definition) is 6. The highest BCUT2D eigenvalue weighted by atomic mass is 16.5. The average molecular weight is 403 g/mol. The molecule has 0 bridgehead atoms. The van der Waals surface area contributed by atoms with E-state index in [1.54, 1.807) is 12.4 Å². The number of nitrogens with zero attached hydrogens (tertiary/aromatic N) is 4. The van der Waals surface area contributed by atoms with Crippen LogP contribution in [-0.4, -0.2) is 52.7 Å². The van der Waals surface area contributed by atoms with Gasteiger partial charge in [-0.15, -0.1) is 0 Å². The van der Waals surface area contributed by atoms with Gasteiger partial charge in [-0.2, -0.15) is 0 Å². The number of rotatable bonds is 4. The molecule has 0 unspecified atom stereocenters. The molecule has 7 heteroatoms. The number of aromatic nitrogens is 3. The first-order chi connectivity index (χ1) is 14.8. The molecular weight excluding hydrogens is 378 g/mol. The van der Waals surface area contributed by atoms with Crippen molar-refractivity contribution in [1.82, 2.24) is 19.9 Å². The molecule has 0 aliphatic carbocycles. The molecular formula is C23H25N5O2. The molecule has 30 heavy (non-hydrogen) atoms. The van der Waals surface area contributed by atoms with Crippen LogP contribution >= 0.6 is 0 Å². The van der Waals surface area contributed by atoms with E-state index in [1.165, 1.54) is 11.3 Å². The van der Waals surface area contributed by atoms with Crippen LogP contribution in [0.25, 0.3) is 11.4 Å². The summed E-state index contributed by atoms with van der Waals surface area (Å²) in [6.07, 6.45) is 4.20. The lowest BCUT2D eigenvalue weighted by Crippen LogP contribution is -2.36. The topological polar surface area (TPSA) is 74.4 Å². The molecule has 0 radical (unpaired) electrons. The summed E-state index contributed by atoms with van der Waals surface area (Å²) in [6.45, 7) is 5.82. The van der Waals surface area contributed by atoms with Crippen LogP contribution in [0.1, 0.15) is 16.8 Å². The average Bonchev–Trinajstić information content (AvgIpc) is 2.81. The predicted molar refractivity (Wildman–Crippen MR) is 115 cm³/mol. The molecule has 1 fully saturated rings. The summed E-state index contributed by atoms with van der Waals surface area (Å²) in [7, 11) is 0. The van der Waals surface area contributed by atoms with Gasteiger partial charge in [0.25, 0.3) is 5.56 Å². The van der Waals surface area contributed by atoms with Gasteiger partial charge in [0.1, 0.15) is 5.82 Å². The summed E-state index contributed by atoms with van der Waals surface area (Å²) in [5, 5.41) is 0. The van der Waals surface area contributed by atoms with Crippen molar-refractivity contribution in [2.24, 2.45) is 0 Å². The van der Waals surface area contributed by atoms with E-state index in [9.17, 15) is 4.79 Å². The maximum Gasteiger partial charge on any atom is 0.255 e. The fourth-order valence-electron chi connectivity index (χ4n) is 4.15. The third kappa shape index (κ3) is 3.99. The standard InChI is InChI=1S/C23H25N5O2/c29-23-20-16-27(10-7-21(20)25-22(26-23)18-5-8-24-9-6-18)15-17-1-3-19(4-2-17)28-11-13-30-14-12-28/h1-6,8-9H,7,10-16H2,(H,25,26,29). The van der Waals surface area contributed by atoms with Gasteiger partial charge in [-0.1, -0.05) is 12.1 Å². The Labute approximate surface area is 175 Å². The molecule has 0 atom stereocenters. The lowest BCUT2D eigenvalue weighted by atomic mass is 10.1. The Bertz CT molecular complexity index is 1060. The van der Waals surface area contributed by atoms with Gasteiger partial charge >= 0.3 is 0 Å². The number of morpholine rings is 1. The van der Waals surface area contributed by atoms with E-state index in [-0.39, 0.29) is 5.56 Å². The van der Waals surface area contributed by atoms with Crippen LogP contribution in [0.2, 0.25) is 0 Å². The molecule has 0 spiro atoms. The van der Waals surface area contributed by atoms with Crippen LogP contribution in [0.3, 0.4) is 0 Å². The molecule has 4 heterocycles. The van der Waals surface area contributed by atoms with Crippen LogP contribution < -0.4 is 10.5 Å². The smallest absolute Gasteiger partial charge is 0.255 e. The van der Waals surface area contributed by atoms with Crippen LogP contribution in [0.4, 0.5) is 5.69 Å². The number of H-pyrrole nitrogens is 1. The van der Waals surface area contributed by atoms with Crippen LogP contribution in [-0.2, 0) is 24.2 Å². The second-order valence-corrected chi connectivity index (χ2v) is 7.80. The van der Waals surface area contributed by atoms with E-state index in [0.717, 1.165) is 62.6 Å². The third-order valence-corrected chi connectivity index (χ3v) is 5.82. The van der Waals surface area contributed by atoms with Crippen molar-refractivity contribution < 1.29 is 4.74 Å². The Balaban J connectivity index is 1.28. The molecule has 7 nitrogen and oxygen atoms in total. The molecule has 1 saturated heterocycles. The van der Waals surface area contributed by atoms with E-state index < -0.39 is 0 Å². The van der Waals surface area contributed by atoms with Crippen molar-refractivity contribution in [3.63, 3.8) is 0 Å². The molecule has 0 amide bonds. The minimum absolute atomic E-state index is 0.0424. The molecule has 1 aromatic carbocycles. The molecule has 2 aliphatic heterocycles. The molecule has 1 N–H and O–H groups in total. The number of aromatic amines is 1. The van der Waals surface area contributed by atoms with Gasteiger partial charge in [0.05, 0.1) is 24.5 Å². The Morgan fingerprint density at radius 1 is 1.00 bits per heavy atom. The van der Waals surface area contributed by atoms with Crippen molar-refractivity contribution in [2.75, 3.05) is 37.7 Å². The number of hydrogen-bond donors (Lipinski definition) is 1. The third-order valence-electron chi connectivity index (χ3n) is 5.82. The van der Waals surface area contributed by atoms with Crippen LogP contribution in [0.15, 0.2) is 53.6 Å². The van der Waals surface area contributed by atoms with Crippen LogP contribution in [0.5, 0.6) is 0 Å². The number of ether oxygens (including phenoxy) is 1. The summed E-state index contributed by atoms with van der Waals surface area (Å²) in [5.41, 5.74) is 5.03. The fraction of sp³-hybridized carbons (Fsp3) is 0.348. The first-order valence-electron chi connectivity index (χ1n) is 10.4. The number of anilines is 1. The lowest BCUT2D eigenvalue weighted by Gasteiger charge is -2.30. The second kappa shape index (κ2) is 8.38. The van der Waals surface area contributed by atoms with Gasteiger partial charge in [-0.3, -0.25) is 14.7 Å². The minimum Gasteiger partial charge on any atom is -0.378 e. The quantitative estimate of drug-likeness (QED) is 0.720. The maximum absolute atomic E-state index is 12.7. The van der Waals surface area contributed by atoms with Gasteiger partial charge in [0.2, 0.25) is 0 Å². The van der Waals surface area contributed by atoms with E-state index >= 15 is 0 Å². The Kier molecular flexibility index (Phi) is 5.29. The highest BCUT2D eigenvalue weighted by Crippen LogP contribution is 2.21. The summed E-state index contributed by atoms with van der Waals surface area (Å²) >= 11 is 0. The number of nitrogens with one attached hydrogen (secondary N) is 1. The summed E-state index contributed by atoms with van der Waals surface area (Å²) in [5.74, 6) is 0.619. The summed E-state index contributed by atoms with van der Waals surface area (Å²) in [4.78, 5) is 29.1. The van der Waals surface area contributed by atoms with Gasteiger partial charge < -0.3 is 14.6 Å². The van der Waals surface area contributed by atoms with Gasteiger partial charge in [-0.25, -0.2) is 4.98 Å². The van der Waals surface area contributed by atoms with E-state index in [1.807, 2.05) is 12.1 Å². The van der Waals surface area contributed by atoms with E-state index in [2.05, 4.69) is 44.0 Å². The molecule has 3 aromatic rings. The zero-order valence-electron chi connectivity index (χ0n) is 16.9. The van der Waals surface area contributed by atoms with Gasteiger partial charge in [0.15, 0.2) is 0 Å². The molecule has 2 aromatic heterocycles. The van der Waals surface area contributed by atoms with Crippen molar-refractivity contribution in [2.45, 2.75) is 19.5 Å². The van der Waals surface area contributed by atoms with Gasteiger partial charge in [0, 0.05) is 62.8 Å². The number of fused-ring (bicyclic) bond motifs is 1. The number of pyridine rings is 1. The number of benzene rings is 1. The second-order valence-electron chi connectivity index (χ2n) is 7.80. The first-order valence-corrected chi connectivity index (χ1v) is 10.4. The normalized spacial score (nSPS) is 17.0. The highest BCUT2D eigenvalue weighted by molar-refractivity contribution is 5.54. The highest BCUT2D eigenvalue weighted by Gasteiger charge is 2.21. The molecule has 2 aliphatic rings. The lowest BCUT2D eigenvalue weighted by molar-refractivity contribution is 0.122. The Morgan fingerprint density at radius 2 is 1.77 bits per heavy atom.